The van der Waals surface area contributed by atoms with E-state index in [1.807, 2.05) is 24.3 Å². The molecule has 0 aliphatic carbocycles. The summed E-state index contributed by atoms with van der Waals surface area (Å²) >= 11 is 0. The third-order valence-electron chi connectivity index (χ3n) is 3.01. The van der Waals surface area contributed by atoms with E-state index in [0.717, 1.165) is 11.0 Å². The zero-order chi connectivity index (χ0) is 13.8. The molecule has 0 saturated heterocycles. The lowest BCUT2D eigenvalue weighted by Crippen LogP contribution is -2.24. The average Bonchev–Trinajstić information content (AvgIpc) is 2.42. The van der Waals surface area contributed by atoms with E-state index >= 15 is 0 Å². The standard InChI is InChI=1S/C14H16N2O3/c1-10-14(18)16(9-5-8-13(17)19-2)12-7-4-3-6-11(12)15-10/h3-4,6-7H,5,8-9H2,1-2H3. The number of hydrogen-bond donors (Lipinski definition) is 0. The van der Waals surface area contributed by atoms with Gasteiger partial charge in [-0.1, -0.05) is 12.1 Å². The van der Waals surface area contributed by atoms with Gasteiger partial charge in [0.25, 0.3) is 5.56 Å². The van der Waals surface area contributed by atoms with E-state index in [0.29, 0.717) is 25.1 Å². The van der Waals surface area contributed by atoms with E-state index in [1.165, 1.54) is 7.11 Å². The zero-order valence-electron chi connectivity index (χ0n) is 11.0. The SMILES string of the molecule is COC(=O)CCCn1c(=O)c(C)nc2ccccc21. The van der Waals surface area contributed by atoms with Gasteiger partial charge >= 0.3 is 5.97 Å². The van der Waals surface area contributed by atoms with Crippen molar-refractivity contribution in [3.63, 3.8) is 0 Å². The van der Waals surface area contributed by atoms with Crippen LogP contribution >= 0.6 is 0 Å². The van der Waals surface area contributed by atoms with Crippen LogP contribution in [0, 0.1) is 6.92 Å². The van der Waals surface area contributed by atoms with Gasteiger partial charge in [0.05, 0.1) is 18.1 Å². The summed E-state index contributed by atoms with van der Waals surface area (Å²) in [6.45, 7) is 2.18. The second-order valence-electron chi connectivity index (χ2n) is 4.32. The molecular weight excluding hydrogens is 244 g/mol. The van der Waals surface area contributed by atoms with Crippen molar-refractivity contribution in [2.24, 2.45) is 0 Å². The largest absolute Gasteiger partial charge is 0.469 e. The quantitative estimate of drug-likeness (QED) is 0.784. The molecule has 5 heteroatoms. The zero-order valence-corrected chi connectivity index (χ0v) is 11.0. The van der Waals surface area contributed by atoms with Gasteiger partial charge in [-0.3, -0.25) is 9.59 Å². The number of rotatable bonds is 4. The van der Waals surface area contributed by atoms with Crippen LogP contribution < -0.4 is 5.56 Å². The second kappa shape index (κ2) is 5.65. The van der Waals surface area contributed by atoms with Crippen LogP contribution in [0.15, 0.2) is 29.1 Å². The number of carbonyl (C=O) groups excluding carboxylic acids is 1. The minimum Gasteiger partial charge on any atom is -0.469 e. The van der Waals surface area contributed by atoms with Crippen molar-refractivity contribution in [3.8, 4) is 0 Å². The molecule has 0 atom stereocenters. The van der Waals surface area contributed by atoms with Gasteiger partial charge in [-0.2, -0.15) is 0 Å². The maximum Gasteiger partial charge on any atom is 0.305 e. The predicted octanol–water partition coefficient (Wildman–Crippen LogP) is 1.66. The number of fused-ring (bicyclic) bond motifs is 1. The minimum atomic E-state index is -0.261. The van der Waals surface area contributed by atoms with E-state index in [9.17, 15) is 9.59 Å². The Bertz CT molecular complexity index is 661. The van der Waals surface area contributed by atoms with E-state index in [2.05, 4.69) is 9.72 Å². The molecular formula is C14H16N2O3. The van der Waals surface area contributed by atoms with Crippen molar-refractivity contribution in [1.29, 1.82) is 0 Å². The molecule has 0 fully saturated rings. The van der Waals surface area contributed by atoms with Gasteiger partial charge in [0, 0.05) is 13.0 Å². The molecule has 0 bridgehead atoms. The van der Waals surface area contributed by atoms with Crippen molar-refractivity contribution >= 4 is 17.0 Å². The van der Waals surface area contributed by atoms with Crippen LogP contribution in [-0.4, -0.2) is 22.6 Å². The number of carbonyl (C=O) groups is 1. The molecule has 1 heterocycles. The van der Waals surface area contributed by atoms with Crippen LogP contribution in [0.3, 0.4) is 0 Å². The topological polar surface area (TPSA) is 61.2 Å². The maximum atomic E-state index is 12.1. The third-order valence-corrected chi connectivity index (χ3v) is 3.01. The highest BCUT2D eigenvalue weighted by Crippen LogP contribution is 2.10. The summed E-state index contributed by atoms with van der Waals surface area (Å²) in [6, 6.07) is 7.49. The molecule has 0 spiro atoms. The Morgan fingerprint density at radius 2 is 2.11 bits per heavy atom. The highest BCUT2D eigenvalue weighted by atomic mass is 16.5. The highest BCUT2D eigenvalue weighted by Gasteiger charge is 2.08. The third kappa shape index (κ3) is 2.81. The van der Waals surface area contributed by atoms with Crippen molar-refractivity contribution in [3.05, 3.63) is 40.3 Å². The summed E-state index contributed by atoms with van der Waals surface area (Å²) in [5.74, 6) is -0.261. The van der Waals surface area contributed by atoms with Gasteiger partial charge in [-0.25, -0.2) is 4.98 Å². The molecule has 0 unspecified atom stereocenters. The second-order valence-corrected chi connectivity index (χ2v) is 4.32. The number of nitrogens with zero attached hydrogens (tertiary/aromatic N) is 2. The van der Waals surface area contributed by atoms with Crippen molar-refractivity contribution in [2.75, 3.05) is 7.11 Å². The van der Waals surface area contributed by atoms with Crippen molar-refractivity contribution in [2.45, 2.75) is 26.3 Å². The van der Waals surface area contributed by atoms with Gasteiger partial charge < -0.3 is 9.30 Å². The molecule has 0 amide bonds. The molecule has 19 heavy (non-hydrogen) atoms. The molecule has 0 aliphatic heterocycles. The fourth-order valence-electron chi connectivity index (χ4n) is 2.03. The van der Waals surface area contributed by atoms with Gasteiger partial charge in [0.15, 0.2) is 0 Å². The smallest absolute Gasteiger partial charge is 0.305 e. The first-order valence-electron chi connectivity index (χ1n) is 6.16. The number of ether oxygens (including phenoxy) is 1. The Hall–Kier alpha value is -2.17. The lowest BCUT2D eigenvalue weighted by molar-refractivity contribution is -0.140. The lowest BCUT2D eigenvalue weighted by atomic mass is 10.2. The Morgan fingerprint density at radius 3 is 2.84 bits per heavy atom. The number of para-hydroxylation sites is 2. The Kier molecular flexibility index (Phi) is 3.94. The van der Waals surface area contributed by atoms with Crippen molar-refractivity contribution < 1.29 is 9.53 Å². The number of esters is 1. The summed E-state index contributed by atoms with van der Waals surface area (Å²) in [7, 11) is 1.36. The molecule has 0 aliphatic rings. The van der Waals surface area contributed by atoms with Gasteiger partial charge in [-0.05, 0) is 25.5 Å². The Labute approximate surface area is 110 Å². The average molecular weight is 260 g/mol. The van der Waals surface area contributed by atoms with E-state index in [4.69, 9.17) is 0 Å². The molecule has 1 aromatic carbocycles. The number of aryl methyl sites for hydroxylation is 2. The normalized spacial score (nSPS) is 10.6. The molecule has 0 saturated carbocycles. The summed E-state index contributed by atoms with van der Waals surface area (Å²) in [4.78, 5) is 27.5. The first-order valence-corrected chi connectivity index (χ1v) is 6.16. The Balaban J connectivity index is 2.33. The Morgan fingerprint density at radius 1 is 1.37 bits per heavy atom. The number of hydrogen-bond acceptors (Lipinski definition) is 4. The van der Waals surface area contributed by atoms with Gasteiger partial charge in [0.1, 0.15) is 5.69 Å². The molecule has 100 valence electrons. The summed E-state index contributed by atoms with van der Waals surface area (Å²) in [5, 5.41) is 0. The first-order chi connectivity index (χ1) is 9.13. The predicted molar refractivity (Wildman–Crippen MR) is 72.0 cm³/mol. The summed E-state index contributed by atoms with van der Waals surface area (Å²) in [5.41, 5.74) is 1.95. The van der Waals surface area contributed by atoms with Crippen LogP contribution in [0.4, 0.5) is 0 Å². The molecule has 0 N–H and O–H groups in total. The van der Waals surface area contributed by atoms with Gasteiger partial charge in [0.2, 0.25) is 0 Å². The van der Waals surface area contributed by atoms with Crippen LogP contribution in [0.1, 0.15) is 18.5 Å². The van der Waals surface area contributed by atoms with Crippen molar-refractivity contribution in [1.82, 2.24) is 9.55 Å². The number of aromatic nitrogens is 2. The summed E-state index contributed by atoms with van der Waals surface area (Å²) < 4.78 is 6.26. The number of benzene rings is 1. The van der Waals surface area contributed by atoms with Crippen LogP contribution in [0.25, 0.3) is 11.0 Å². The minimum absolute atomic E-state index is 0.108. The van der Waals surface area contributed by atoms with Crippen LogP contribution in [0.2, 0.25) is 0 Å². The molecule has 2 rings (SSSR count). The fourth-order valence-corrected chi connectivity index (χ4v) is 2.03. The van der Waals surface area contributed by atoms with E-state index in [-0.39, 0.29) is 11.5 Å². The monoisotopic (exact) mass is 260 g/mol. The summed E-state index contributed by atoms with van der Waals surface area (Å²) in [6.07, 6.45) is 0.874. The first kappa shape index (κ1) is 13.3. The van der Waals surface area contributed by atoms with Crippen LogP contribution in [-0.2, 0) is 16.1 Å². The van der Waals surface area contributed by atoms with E-state index in [1.54, 1.807) is 11.5 Å². The molecule has 5 nitrogen and oxygen atoms in total. The van der Waals surface area contributed by atoms with Crippen LogP contribution in [0.5, 0.6) is 0 Å². The fraction of sp³-hybridized carbons (Fsp3) is 0.357. The molecule has 2 aromatic rings. The highest BCUT2D eigenvalue weighted by molar-refractivity contribution is 5.74. The van der Waals surface area contributed by atoms with E-state index < -0.39 is 0 Å². The number of methoxy groups -OCH3 is 1. The molecule has 1 aromatic heterocycles. The maximum absolute atomic E-state index is 12.1. The lowest BCUT2D eigenvalue weighted by Gasteiger charge is -2.10. The van der Waals surface area contributed by atoms with Gasteiger partial charge in [-0.15, -0.1) is 0 Å². The molecule has 0 radical (unpaired) electrons.